The number of aliphatic hydroxyl groups excluding tert-OH is 25. The molecule has 32 unspecified atom stereocenters. The van der Waals surface area contributed by atoms with Gasteiger partial charge in [-0.1, -0.05) is 101 Å². The molecule has 26 N–H and O–H groups in total. The highest BCUT2D eigenvalue weighted by Crippen LogP contribution is 2.76. The molecule has 138 heavy (non-hydrogen) atoms. The second-order valence-electron chi connectivity index (χ2n) is 41.2. The van der Waals surface area contributed by atoms with Crippen molar-refractivity contribution in [2.24, 2.45) is 62.1 Å². The van der Waals surface area contributed by atoms with Gasteiger partial charge >= 0.3 is 23.9 Å². The molecule has 46 heteroatoms. The molecule has 9 fully saturated rings. The fourth-order valence-corrected chi connectivity index (χ4v) is 22.7. The summed E-state index contributed by atoms with van der Waals surface area (Å²) in [6.07, 6.45) is -63.2. The highest BCUT2D eigenvalue weighted by atomic mass is 16.8. The summed E-state index contributed by atoms with van der Waals surface area (Å²) in [5.74, 6) is -16.2. The average Bonchev–Trinajstić information content (AvgIpc) is 0.766. The van der Waals surface area contributed by atoms with Crippen LogP contribution in [0.4, 0.5) is 0 Å². The first kappa shape index (κ1) is 115. The predicted octanol–water partition coefficient (Wildman–Crippen LogP) is -2.52. The standard InChI is InChI=1S/C92H150O46/c1-14-38(4)50(127-59(106)27-43(99)26-51(39(5)15-2)129-82-71(118)66(113)53(33-94)130-82)25-42(98)28-60(107)132-75-62(109)41(7)126-84(76(75)134-79(122)69(116)64(111)49(16-3)128-81-73(120)74(48(102)35-125-81)133-78(121)68(115)61(108)40(6)97)136-85(123)91-24-23-86(8,9)30-45(91)44-17-18-55-87(10)21-20-57(88(11,36-95)54(87)19-22-89(55,12)90(44,13)31-56(91)103)137-92(37-96,138-83-72(119)67(114)65(112)52(32-93)131-83)77(46(100)29-58(104)105)135-80-70(117)63(110)47(101)34-124-80/h17,36,38-43,45-57,62-63,65-67,70-84,93-94,96-103,108-122H,14-16,18-35,37H2,1-13H3,(H,104,105)/b68-61-,69-64-/t38-,39-,40?,41?,42-,43-,45?,46?,47?,48?,49?,50-,51-,52?,53?,54?,55?,56+,57-,62?,63?,65?,66?,67?,70?,71?,72?,73?,74?,75?,76?,77?,78?,79?,80?,81?,82?,83?,84?,87-,88-,89+,90+,91+,92?/m0/s1. The van der Waals surface area contributed by atoms with Crippen LogP contribution in [0.1, 0.15) is 199 Å². The average molecular weight is 1990 g/mol. The Morgan fingerprint density at radius 1 is 0.529 bits per heavy atom. The molecule has 4 saturated carbocycles. The van der Waals surface area contributed by atoms with E-state index in [1.54, 1.807) is 27.7 Å². The Bertz CT molecular complexity index is 4120. The minimum atomic E-state index is -3.08. The van der Waals surface area contributed by atoms with Crippen molar-refractivity contribution < 1.29 is 228 Å². The summed E-state index contributed by atoms with van der Waals surface area (Å²) in [5.41, 5.74) is -6.30. The number of hydrogen-bond acceptors (Lipinski definition) is 45. The Balaban J connectivity index is 0.952. The van der Waals surface area contributed by atoms with E-state index in [0.717, 1.165) is 12.5 Å². The molecule has 5 aliphatic heterocycles. The number of hydrogen-bond donors (Lipinski definition) is 26. The van der Waals surface area contributed by atoms with E-state index in [1.165, 1.54) is 13.8 Å². The number of aliphatic hydroxyl groups is 25. The first-order chi connectivity index (χ1) is 64.5. The van der Waals surface area contributed by atoms with Crippen molar-refractivity contribution >= 4 is 30.2 Å². The summed E-state index contributed by atoms with van der Waals surface area (Å²) < 4.78 is 89.4. The lowest BCUT2D eigenvalue weighted by Gasteiger charge is -2.71. The van der Waals surface area contributed by atoms with Gasteiger partial charge in [0, 0.05) is 12.8 Å². The molecule has 10 rings (SSSR count). The van der Waals surface area contributed by atoms with E-state index in [9.17, 15) is 152 Å². The number of ether oxygens (including phenoxy) is 15. The van der Waals surface area contributed by atoms with Gasteiger partial charge in [-0.2, -0.15) is 0 Å². The van der Waals surface area contributed by atoms with Crippen molar-refractivity contribution in [1.29, 1.82) is 0 Å². The Labute approximate surface area is 798 Å². The predicted molar refractivity (Wildman–Crippen MR) is 464 cm³/mol. The molecule has 0 aromatic heterocycles. The third-order valence-corrected chi connectivity index (χ3v) is 31.7. The fraction of sp³-hybridized carbons (Fsp3) is 0.880. The third kappa shape index (κ3) is 23.5. The van der Waals surface area contributed by atoms with Gasteiger partial charge in [0.15, 0.2) is 60.4 Å². The van der Waals surface area contributed by atoms with Crippen LogP contribution in [-0.2, 0) is 95.0 Å². The quantitative estimate of drug-likeness (QED) is 0.00748. The fourth-order valence-electron chi connectivity index (χ4n) is 22.7. The zero-order chi connectivity index (χ0) is 103. The van der Waals surface area contributed by atoms with Gasteiger partial charge in [-0.15, -0.1) is 0 Å². The maximum Gasteiger partial charge on any atom is 0.317 e. The first-order valence-electron chi connectivity index (χ1n) is 47.7. The molecule has 5 heterocycles. The van der Waals surface area contributed by atoms with Crippen molar-refractivity contribution in [1.82, 2.24) is 0 Å². The molecule has 5 saturated heterocycles. The Kier molecular flexibility index (Phi) is 38.7. The number of rotatable bonds is 43. The van der Waals surface area contributed by atoms with E-state index in [0.29, 0.717) is 19.1 Å². The second-order valence-corrected chi connectivity index (χ2v) is 41.2. The minimum Gasteiger partial charge on any atom is -0.506 e. The summed E-state index contributed by atoms with van der Waals surface area (Å²) in [6.45, 7) is 17.7. The Morgan fingerprint density at radius 2 is 1.09 bits per heavy atom. The number of esters is 3. The lowest BCUT2D eigenvalue weighted by molar-refractivity contribution is -0.428. The van der Waals surface area contributed by atoms with Crippen molar-refractivity contribution in [3.05, 3.63) is 34.7 Å². The van der Waals surface area contributed by atoms with Crippen molar-refractivity contribution in [2.45, 2.75) is 414 Å². The van der Waals surface area contributed by atoms with Crippen LogP contribution >= 0.6 is 0 Å². The molecule has 0 spiro atoms. The second kappa shape index (κ2) is 46.6. The molecule has 0 bridgehead atoms. The monoisotopic (exact) mass is 1990 g/mol. The molecule has 5 aliphatic carbocycles. The molecular weight excluding hydrogens is 1840 g/mol. The van der Waals surface area contributed by atoms with E-state index in [4.69, 9.17) is 71.1 Å². The molecule has 0 aromatic rings. The molecule has 0 aromatic carbocycles. The van der Waals surface area contributed by atoms with E-state index < -0.39 is 376 Å². The van der Waals surface area contributed by atoms with Gasteiger partial charge in [-0.3, -0.25) is 19.2 Å². The van der Waals surface area contributed by atoms with Gasteiger partial charge in [-0.25, -0.2) is 0 Å². The van der Waals surface area contributed by atoms with Crippen LogP contribution in [0.15, 0.2) is 34.7 Å². The molecule has 0 radical (unpaired) electrons. The van der Waals surface area contributed by atoms with Crippen molar-refractivity contribution in [3.63, 3.8) is 0 Å². The van der Waals surface area contributed by atoms with Crippen LogP contribution in [-0.4, -0.2) is 411 Å². The number of fused-ring (bicyclic) bond motifs is 7. The first-order valence-corrected chi connectivity index (χ1v) is 47.7. The highest BCUT2D eigenvalue weighted by Gasteiger charge is 2.74. The lowest BCUT2D eigenvalue weighted by atomic mass is 9.33. The number of carbonyl (C=O) groups excluding carboxylic acids is 4. The van der Waals surface area contributed by atoms with Crippen LogP contribution in [0, 0.1) is 62.1 Å². The minimum absolute atomic E-state index is 0.0726. The van der Waals surface area contributed by atoms with Crippen LogP contribution in [0.2, 0.25) is 0 Å². The molecule has 794 valence electrons. The van der Waals surface area contributed by atoms with Gasteiger partial charge in [0.1, 0.15) is 128 Å². The van der Waals surface area contributed by atoms with Gasteiger partial charge in [-0.05, 0) is 129 Å². The van der Waals surface area contributed by atoms with Crippen LogP contribution < -0.4 is 0 Å². The molecule has 10 aliphatic rings. The van der Waals surface area contributed by atoms with Gasteiger partial charge in [0.2, 0.25) is 24.7 Å². The number of aldehydes is 1. The van der Waals surface area contributed by atoms with Gasteiger partial charge < -0.3 is 209 Å². The van der Waals surface area contributed by atoms with Gasteiger partial charge in [0.05, 0.1) is 93.8 Å². The summed E-state index contributed by atoms with van der Waals surface area (Å²) in [4.78, 5) is 71.9. The third-order valence-electron chi connectivity index (χ3n) is 31.7. The normalized spacial score (nSPS) is 41.6. The molecule has 46 nitrogen and oxygen atoms in total. The summed E-state index contributed by atoms with van der Waals surface area (Å²) in [5, 5.41) is 289. The summed E-state index contributed by atoms with van der Waals surface area (Å²) >= 11 is 0. The van der Waals surface area contributed by atoms with E-state index in [1.807, 2.05) is 40.7 Å². The van der Waals surface area contributed by atoms with Gasteiger partial charge in [0.25, 0.3) is 0 Å². The number of carboxylic acid groups (broad SMARTS) is 1. The zero-order valence-electron chi connectivity index (χ0n) is 80.0. The maximum atomic E-state index is 16.4. The van der Waals surface area contributed by atoms with E-state index in [2.05, 4.69) is 6.92 Å². The largest absolute Gasteiger partial charge is 0.506 e. The molecular formula is C92H150O46. The number of carboxylic acids is 1. The number of carbonyl (C=O) groups is 5. The van der Waals surface area contributed by atoms with E-state index in [-0.39, 0.29) is 76.5 Å². The number of allylic oxidation sites excluding steroid dienone is 2. The van der Waals surface area contributed by atoms with Crippen LogP contribution in [0.5, 0.6) is 0 Å². The molecule has 0 amide bonds. The van der Waals surface area contributed by atoms with Crippen molar-refractivity contribution in [2.75, 3.05) is 33.0 Å². The zero-order valence-corrected chi connectivity index (χ0v) is 80.0. The Hall–Kier alpha value is -5.35. The van der Waals surface area contributed by atoms with E-state index >= 15 is 4.79 Å². The van der Waals surface area contributed by atoms with Crippen LogP contribution in [0.25, 0.3) is 0 Å². The number of aliphatic carboxylic acids is 1. The summed E-state index contributed by atoms with van der Waals surface area (Å²) in [7, 11) is 0. The van der Waals surface area contributed by atoms with Crippen molar-refractivity contribution in [3.8, 4) is 0 Å². The molecule has 45 atom stereocenters. The SMILES string of the molecule is CCC(OC1OCC(O)C(OC(O)/C(O)=C(/O)C(C)O)C1O)/C(O)=C(/O)C(O)OC1C(OC(=O)[C@]23CCC(C)(C)CC2C2=CCC4[C@@]5(C)CC[C@H](OC(CO)(OC6OC(CO)C(O)C(O)C6O)C(OC6OCC(O)C(O)C6O)C(O)CC(=O)O)[C@@](C)(C=O)C5CC[C@@]4(C)[C@]2(C)C[C@H]3O)OC(C)C(O)C1OC(=O)C[C@@H](O)C[C@H](OC(=O)C[C@@H](O)C[C@H](OC1OC(CO)C(O)C1O)[C@@H](C)CC)[C@@H](C)CC. The lowest BCUT2D eigenvalue weighted by Crippen LogP contribution is -2.70. The maximum absolute atomic E-state index is 16.4. The highest BCUT2D eigenvalue weighted by molar-refractivity contribution is 5.80. The topological polar surface area (TPSA) is 750 Å². The smallest absolute Gasteiger partial charge is 0.317 e. The summed E-state index contributed by atoms with van der Waals surface area (Å²) in [6, 6.07) is 0. The van der Waals surface area contributed by atoms with Crippen LogP contribution in [0.3, 0.4) is 0 Å². The Morgan fingerprint density at radius 3 is 1.67 bits per heavy atom.